The molecule has 0 saturated heterocycles. The lowest BCUT2D eigenvalue weighted by molar-refractivity contribution is 0.102. The molecule has 0 radical (unpaired) electrons. The van der Waals surface area contributed by atoms with Crippen molar-refractivity contribution in [3.8, 4) is 11.5 Å². The summed E-state index contributed by atoms with van der Waals surface area (Å²) in [7, 11) is -1.12. The molecule has 0 saturated carbocycles. The molecule has 0 fully saturated rings. The maximum Gasteiger partial charge on any atom is 0.276 e. The molecule has 3 N–H and O–H groups in total. The number of para-hydroxylation sites is 1. The standard InChI is InChI=1S/C22H20N4O5S/c1-30-16-10-7-14(8-11-16)26-32(28,29)20-13-15(9-12-19(20)31-2)23-22(27)21-17-5-3-4-6-18(17)24-25-21/h3-13,26H,1-2H3,(H,23,27)(H,24,25). The van der Waals surface area contributed by atoms with Crippen molar-refractivity contribution in [3.63, 3.8) is 0 Å². The number of aromatic nitrogens is 2. The van der Waals surface area contributed by atoms with E-state index in [2.05, 4.69) is 20.2 Å². The van der Waals surface area contributed by atoms with Gasteiger partial charge < -0.3 is 14.8 Å². The van der Waals surface area contributed by atoms with Gasteiger partial charge in [0.1, 0.15) is 16.4 Å². The molecule has 1 heterocycles. The van der Waals surface area contributed by atoms with E-state index in [0.717, 1.165) is 5.52 Å². The van der Waals surface area contributed by atoms with Gasteiger partial charge in [0.05, 0.1) is 19.7 Å². The zero-order valence-corrected chi connectivity index (χ0v) is 18.1. The van der Waals surface area contributed by atoms with Crippen molar-refractivity contribution in [1.29, 1.82) is 0 Å². The Balaban J connectivity index is 1.62. The fraction of sp³-hybridized carbons (Fsp3) is 0.0909. The van der Waals surface area contributed by atoms with E-state index in [-0.39, 0.29) is 22.0 Å². The molecule has 0 aliphatic rings. The number of methoxy groups -OCH3 is 2. The lowest BCUT2D eigenvalue weighted by Gasteiger charge is -2.14. The zero-order valence-electron chi connectivity index (χ0n) is 17.2. The first-order chi connectivity index (χ1) is 15.4. The van der Waals surface area contributed by atoms with Crippen LogP contribution in [0.1, 0.15) is 10.5 Å². The summed E-state index contributed by atoms with van der Waals surface area (Å²) in [6.45, 7) is 0. The van der Waals surface area contributed by atoms with Crippen molar-refractivity contribution in [1.82, 2.24) is 10.2 Å². The summed E-state index contributed by atoms with van der Waals surface area (Å²) < 4.78 is 38.9. The van der Waals surface area contributed by atoms with Crippen LogP contribution in [0.4, 0.5) is 11.4 Å². The highest BCUT2D eigenvalue weighted by Crippen LogP contribution is 2.30. The molecule has 0 aliphatic heterocycles. The van der Waals surface area contributed by atoms with Crippen LogP contribution in [-0.4, -0.2) is 38.7 Å². The molecule has 3 aromatic carbocycles. The van der Waals surface area contributed by atoms with Crippen LogP contribution in [-0.2, 0) is 10.0 Å². The zero-order chi connectivity index (χ0) is 22.7. The van der Waals surface area contributed by atoms with Crippen LogP contribution in [0.15, 0.2) is 71.6 Å². The van der Waals surface area contributed by atoms with E-state index in [1.54, 1.807) is 42.5 Å². The summed E-state index contributed by atoms with van der Waals surface area (Å²) >= 11 is 0. The van der Waals surface area contributed by atoms with E-state index in [9.17, 15) is 13.2 Å². The minimum Gasteiger partial charge on any atom is -0.497 e. The molecule has 10 heteroatoms. The molecule has 0 spiro atoms. The number of anilines is 2. The van der Waals surface area contributed by atoms with Gasteiger partial charge in [-0.3, -0.25) is 14.6 Å². The second kappa shape index (κ2) is 8.60. The largest absolute Gasteiger partial charge is 0.497 e. The second-order valence-corrected chi connectivity index (χ2v) is 8.42. The molecule has 0 atom stereocenters. The van der Waals surface area contributed by atoms with Crippen LogP contribution in [0, 0.1) is 0 Å². The number of benzene rings is 3. The van der Waals surface area contributed by atoms with Gasteiger partial charge in [-0.05, 0) is 48.5 Å². The molecule has 32 heavy (non-hydrogen) atoms. The number of hydrogen-bond acceptors (Lipinski definition) is 6. The highest BCUT2D eigenvalue weighted by Gasteiger charge is 2.22. The number of hydrogen-bond donors (Lipinski definition) is 3. The summed E-state index contributed by atoms with van der Waals surface area (Å²) in [5.41, 5.74) is 1.56. The minimum atomic E-state index is -4.01. The van der Waals surface area contributed by atoms with Crippen LogP contribution in [0.2, 0.25) is 0 Å². The van der Waals surface area contributed by atoms with E-state index in [0.29, 0.717) is 16.8 Å². The Bertz CT molecular complexity index is 1380. The first-order valence-corrected chi connectivity index (χ1v) is 11.0. The number of carbonyl (C=O) groups excluding carboxylic acids is 1. The number of rotatable bonds is 7. The third-order valence-electron chi connectivity index (χ3n) is 4.74. The van der Waals surface area contributed by atoms with E-state index in [1.165, 1.54) is 26.4 Å². The van der Waals surface area contributed by atoms with Gasteiger partial charge in [-0.25, -0.2) is 8.42 Å². The molecular weight excluding hydrogens is 432 g/mol. The number of ether oxygens (including phenoxy) is 2. The average molecular weight is 452 g/mol. The van der Waals surface area contributed by atoms with Crippen LogP contribution in [0.5, 0.6) is 11.5 Å². The monoisotopic (exact) mass is 452 g/mol. The predicted octanol–water partition coefficient (Wildman–Crippen LogP) is 3.63. The molecule has 164 valence electrons. The van der Waals surface area contributed by atoms with Gasteiger partial charge in [-0.2, -0.15) is 5.10 Å². The maximum absolute atomic E-state index is 13.0. The maximum atomic E-state index is 13.0. The fourth-order valence-electron chi connectivity index (χ4n) is 3.16. The molecule has 4 aromatic rings. The Morgan fingerprint density at radius 3 is 2.38 bits per heavy atom. The van der Waals surface area contributed by atoms with Crippen LogP contribution < -0.4 is 19.5 Å². The molecule has 0 bridgehead atoms. The number of nitrogens with one attached hydrogen (secondary N) is 3. The number of aromatic amines is 1. The second-order valence-electron chi connectivity index (χ2n) is 6.77. The highest BCUT2D eigenvalue weighted by molar-refractivity contribution is 7.92. The Morgan fingerprint density at radius 2 is 1.66 bits per heavy atom. The summed E-state index contributed by atoms with van der Waals surface area (Å²) in [6, 6.07) is 18.0. The Hall–Kier alpha value is -4.05. The fourth-order valence-corrected chi connectivity index (χ4v) is 4.42. The first kappa shape index (κ1) is 21.2. The molecule has 4 rings (SSSR count). The third kappa shape index (κ3) is 4.21. The summed E-state index contributed by atoms with van der Waals surface area (Å²) in [5, 5.41) is 10.2. The smallest absolute Gasteiger partial charge is 0.276 e. The number of nitrogens with zero attached hydrogens (tertiary/aromatic N) is 1. The van der Waals surface area contributed by atoms with Crippen molar-refractivity contribution < 1.29 is 22.7 Å². The van der Waals surface area contributed by atoms with Gasteiger partial charge in [-0.15, -0.1) is 0 Å². The van der Waals surface area contributed by atoms with Crippen molar-refractivity contribution in [2.24, 2.45) is 0 Å². The van der Waals surface area contributed by atoms with Crippen LogP contribution in [0.25, 0.3) is 10.9 Å². The van der Waals surface area contributed by atoms with Gasteiger partial charge in [0.2, 0.25) is 0 Å². The molecule has 9 nitrogen and oxygen atoms in total. The quantitative estimate of drug-likeness (QED) is 0.394. The summed E-state index contributed by atoms with van der Waals surface area (Å²) in [4.78, 5) is 12.6. The van der Waals surface area contributed by atoms with Crippen molar-refractivity contribution in [2.75, 3.05) is 24.3 Å². The van der Waals surface area contributed by atoms with Gasteiger partial charge in [0.25, 0.3) is 15.9 Å². The van der Waals surface area contributed by atoms with Crippen molar-refractivity contribution in [3.05, 3.63) is 72.4 Å². The molecule has 0 unspecified atom stereocenters. The Labute approximate surface area is 184 Å². The number of H-pyrrole nitrogens is 1. The number of sulfonamides is 1. The van der Waals surface area contributed by atoms with Crippen LogP contribution in [0.3, 0.4) is 0 Å². The predicted molar refractivity (Wildman–Crippen MR) is 121 cm³/mol. The first-order valence-electron chi connectivity index (χ1n) is 9.50. The van der Waals surface area contributed by atoms with Crippen molar-refractivity contribution >= 4 is 38.2 Å². The Morgan fingerprint density at radius 1 is 0.938 bits per heavy atom. The topological polar surface area (TPSA) is 122 Å². The molecule has 1 aromatic heterocycles. The summed E-state index contributed by atoms with van der Waals surface area (Å²) in [6.07, 6.45) is 0. The van der Waals surface area contributed by atoms with Gasteiger partial charge >= 0.3 is 0 Å². The van der Waals surface area contributed by atoms with E-state index < -0.39 is 15.9 Å². The summed E-state index contributed by atoms with van der Waals surface area (Å²) in [5.74, 6) is 0.259. The lowest BCUT2D eigenvalue weighted by Crippen LogP contribution is -2.16. The van der Waals surface area contributed by atoms with E-state index in [1.807, 2.05) is 12.1 Å². The SMILES string of the molecule is COc1ccc(NS(=O)(=O)c2cc(NC(=O)c3n[nH]c4ccccc34)ccc2OC)cc1. The van der Waals surface area contributed by atoms with Gasteiger partial charge in [0.15, 0.2) is 5.69 Å². The molecule has 1 amide bonds. The number of carbonyl (C=O) groups is 1. The van der Waals surface area contributed by atoms with E-state index in [4.69, 9.17) is 9.47 Å². The average Bonchev–Trinajstić information content (AvgIpc) is 3.24. The van der Waals surface area contributed by atoms with Gasteiger partial charge in [0, 0.05) is 16.8 Å². The normalized spacial score (nSPS) is 11.2. The highest BCUT2D eigenvalue weighted by atomic mass is 32.2. The Kier molecular flexibility index (Phi) is 5.69. The molecular formula is C22H20N4O5S. The van der Waals surface area contributed by atoms with Crippen molar-refractivity contribution in [2.45, 2.75) is 4.90 Å². The van der Waals surface area contributed by atoms with E-state index >= 15 is 0 Å². The lowest BCUT2D eigenvalue weighted by atomic mass is 10.2. The van der Waals surface area contributed by atoms with Crippen LogP contribution >= 0.6 is 0 Å². The van der Waals surface area contributed by atoms with Gasteiger partial charge in [-0.1, -0.05) is 18.2 Å². The number of fused-ring (bicyclic) bond motifs is 1. The third-order valence-corrected chi connectivity index (χ3v) is 6.14. The minimum absolute atomic E-state index is 0.125. The molecule has 0 aliphatic carbocycles. The number of amides is 1.